The number of rotatable bonds is 2. The van der Waals surface area contributed by atoms with E-state index in [-0.39, 0.29) is 5.69 Å². The van der Waals surface area contributed by atoms with Crippen LogP contribution in [0.15, 0.2) is 24.3 Å². The highest BCUT2D eigenvalue weighted by molar-refractivity contribution is 6.05. The molecule has 104 valence electrons. The molecule has 4 nitrogen and oxygen atoms in total. The van der Waals surface area contributed by atoms with E-state index in [0.29, 0.717) is 23.0 Å². The number of aryl methyl sites for hydroxylation is 1. The Bertz CT molecular complexity index is 731. The molecule has 0 spiro atoms. The van der Waals surface area contributed by atoms with E-state index in [4.69, 9.17) is 0 Å². The van der Waals surface area contributed by atoms with Gasteiger partial charge >= 0.3 is 5.97 Å². The average Bonchev–Trinajstić information content (AvgIpc) is 2.74. The molecule has 0 atom stereocenters. The van der Waals surface area contributed by atoms with Crippen molar-refractivity contribution in [2.45, 2.75) is 6.42 Å². The number of fused-ring (bicyclic) bond motifs is 1. The molecule has 1 aromatic carbocycles. The van der Waals surface area contributed by atoms with Gasteiger partial charge in [-0.3, -0.25) is 0 Å². The fraction of sp³-hybridized carbons (Fsp3) is 0.267. The zero-order chi connectivity index (χ0) is 14.3. The lowest BCUT2D eigenvalue weighted by Crippen LogP contribution is -2.20. The maximum absolute atomic E-state index is 14.0. The molecule has 3 rings (SSSR count). The second kappa shape index (κ2) is 4.76. The molecular formula is C15H15FN2O2. The summed E-state index contributed by atoms with van der Waals surface area (Å²) in [5.41, 5.74) is 2.12. The number of nitrogens with zero attached hydrogens (tertiary/aromatic N) is 1. The van der Waals surface area contributed by atoms with Crippen molar-refractivity contribution in [2.75, 3.05) is 13.1 Å². The van der Waals surface area contributed by atoms with Gasteiger partial charge in [0.25, 0.3) is 0 Å². The molecule has 0 unspecified atom stereocenters. The molecule has 1 aliphatic rings. The molecule has 5 heteroatoms. The molecule has 1 aromatic heterocycles. The van der Waals surface area contributed by atoms with Crippen molar-refractivity contribution in [2.24, 2.45) is 7.05 Å². The van der Waals surface area contributed by atoms with Crippen LogP contribution in [-0.4, -0.2) is 28.7 Å². The van der Waals surface area contributed by atoms with Gasteiger partial charge in [0, 0.05) is 24.5 Å². The highest BCUT2D eigenvalue weighted by Gasteiger charge is 2.25. The molecule has 0 amide bonds. The summed E-state index contributed by atoms with van der Waals surface area (Å²) in [4.78, 5) is 11.6. The van der Waals surface area contributed by atoms with E-state index < -0.39 is 11.8 Å². The Morgan fingerprint density at radius 3 is 2.90 bits per heavy atom. The van der Waals surface area contributed by atoms with Crippen LogP contribution in [0, 0.1) is 5.82 Å². The first-order valence-electron chi connectivity index (χ1n) is 6.51. The number of hydrogen-bond donors (Lipinski definition) is 2. The maximum Gasteiger partial charge on any atom is 0.353 e. The molecule has 2 N–H and O–H groups in total. The normalized spacial score (nSPS) is 15.4. The van der Waals surface area contributed by atoms with Gasteiger partial charge in [0.05, 0.1) is 5.52 Å². The average molecular weight is 274 g/mol. The van der Waals surface area contributed by atoms with E-state index in [1.54, 1.807) is 19.2 Å². The predicted molar refractivity (Wildman–Crippen MR) is 75.3 cm³/mol. The number of benzene rings is 1. The van der Waals surface area contributed by atoms with E-state index in [2.05, 4.69) is 5.32 Å². The topological polar surface area (TPSA) is 54.3 Å². The van der Waals surface area contributed by atoms with Gasteiger partial charge in [0.15, 0.2) is 0 Å². The SMILES string of the molecule is Cn1c(C(=O)O)c(C2=CCNCC2)c2cccc(F)c21. The molecule has 0 radical (unpaired) electrons. The van der Waals surface area contributed by atoms with Crippen LogP contribution in [-0.2, 0) is 7.05 Å². The highest BCUT2D eigenvalue weighted by Crippen LogP contribution is 2.34. The molecule has 2 heterocycles. The Morgan fingerprint density at radius 1 is 1.45 bits per heavy atom. The van der Waals surface area contributed by atoms with Crippen LogP contribution in [0.5, 0.6) is 0 Å². The third-order valence-electron chi connectivity index (χ3n) is 3.75. The minimum absolute atomic E-state index is 0.151. The fourth-order valence-corrected chi connectivity index (χ4v) is 2.89. The summed E-state index contributed by atoms with van der Waals surface area (Å²) in [5.74, 6) is -1.43. The van der Waals surface area contributed by atoms with Crippen LogP contribution in [0.3, 0.4) is 0 Å². The largest absolute Gasteiger partial charge is 0.477 e. The van der Waals surface area contributed by atoms with Crippen LogP contribution < -0.4 is 5.32 Å². The van der Waals surface area contributed by atoms with Gasteiger partial charge < -0.3 is 15.0 Å². The molecule has 20 heavy (non-hydrogen) atoms. The van der Waals surface area contributed by atoms with Crippen LogP contribution in [0.25, 0.3) is 16.5 Å². The van der Waals surface area contributed by atoms with Gasteiger partial charge in [0.1, 0.15) is 11.5 Å². The zero-order valence-corrected chi connectivity index (χ0v) is 11.1. The first-order chi connectivity index (χ1) is 9.61. The summed E-state index contributed by atoms with van der Waals surface area (Å²) < 4.78 is 15.5. The summed E-state index contributed by atoms with van der Waals surface area (Å²) >= 11 is 0. The minimum atomic E-state index is -1.03. The number of aromatic nitrogens is 1. The van der Waals surface area contributed by atoms with Crippen molar-refractivity contribution in [3.8, 4) is 0 Å². The lowest BCUT2D eigenvalue weighted by molar-refractivity contribution is 0.0686. The summed E-state index contributed by atoms with van der Waals surface area (Å²) in [5, 5.41) is 13.3. The number of carboxylic acids is 1. The number of halogens is 1. The highest BCUT2D eigenvalue weighted by atomic mass is 19.1. The fourth-order valence-electron chi connectivity index (χ4n) is 2.89. The number of carboxylic acid groups (broad SMARTS) is 1. The Hall–Kier alpha value is -2.14. The van der Waals surface area contributed by atoms with Gasteiger partial charge in [-0.05, 0) is 24.6 Å². The molecule has 0 saturated heterocycles. The third kappa shape index (κ3) is 1.82. The standard InChI is InChI=1S/C15H15FN2O2/c1-18-13-10(3-2-4-11(13)16)12(14(18)15(19)20)9-5-7-17-8-6-9/h2-5,17H,6-8H2,1H3,(H,19,20). The molecule has 0 aliphatic carbocycles. The number of carbonyl (C=O) groups is 1. The zero-order valence-electron chi connectivity index (χ0n) is 11.1. The quantitative estimate of drug-likeness (QED) is 0.884. The van der Waals surface area contributed by atoms with E-state index in [1.807, 2.05) is 6.08 Å². The van der Waals surface area contributed by atoms with Crippen molar-refractivity contribution >= 4 is 22.4 Å². The third-order valence-corrected chi connectivity index (χ3v) is 3.75. The maximum atomic E-state index is 14.0. The lowest BCUT2D eigenvalue weighted by atomic mass is 9.97. The molecule has 0 fully saturated rings. The molecule has 1 aliphatic heterocycles. The number of hydrogen-bond acceptors (Lipinski definition) is 2. The van der Waals surface area contributed by atoms with Crippen molar-refractivity contribution in [3.63, 3.8) is 0 Å². The molecule has 0 bridgehead atoms. The van der Waals surface area contributed by atoms with Crippen molar-refractivity contribution in [1.29, 1.82) is 0 Å². The second-order valence-electron chi connectivity index (χ2n) is 4.91. The summed E-state index contributed by atoms with van der Waals surface area (Å²) in [6, 6.07) is 4.76. The van der Waals surface area contributed by atoms with Gasteiger partial charge in [-0.15, -0.1) is 0 Å². The molecular weight excluding hydrogens is 259 g/mol. The first kappa shape index (κ1) is 12.9. The van der Waals surface area contributed by atoms with Crippen molar-refractivity contribution in [3.05, 3.63) is 41.3 Å². The van der Waals surface area contributed by atoms with Crippen LogP contribution in [0.2, 0.25) is 0 Å². The summed E-state index contributed by atoms with van der Waals surface area (Å²) in [6.07, 6.45) is 2.73. The van der Waals surface area contributed by atoms with E-state index >= 15 is 0 Å². The lowest BCUT2D eigenvalue weighted by Gasteiger charge is -2.14. The summed E-state index contributed by atoms with van der Waals surface area (Å²) in [6.45, 7) is 1.51. The molecule has 2 aromatic rings. The predicted octanol–water partition coefficient (Wildman–Crippen LogP) is 2.39. The number of para-hydroxylation sites is 1. The van der Waals surface area contributed by atoms with Gasteiger partial charge in [0.2, 0.25) is 0 Å². The van der Waals surface area contributed by atoms with Crippen LogP contribution in [0.1, 0.15) is 22.5 Å². The van der Waals surface area contributed by atoms with Crippen molar-refractivity contribution in [1.82, 2.24) is 9.88 Å². The van der Waals surface area contributed by atoms with E-state index in [9.17, 15) is 14.3 Å². The van der Waals surface area contributed by atoms with Gasteiger partial charge in [-0.1, -0.05) is 18.2 Å². The Kier molecular flexibility index (Phi) is 3.06. The Labute approximate surface area is 115 Å². The minimum Gasteiger partial charge on any atom is -0.477 e. The van der Waals surface area contributed by atoms with E-state index in [0.717, 1.165) is 18.5 Å². The van der Waals surface area contributed by atoms with E-state index in [1.165, 1.54) is 10.6 Å². The van der Waals surface area contributed by atoms with Gasteiger partial charge in [-0.25, -0.2) is 9.18 Å². The van der Waals surface area contributed by atoms with Crippen molar-refractivity contribution < 1.29 is 14.3 Å². The Balaban J connectivity index is 2.39. The number of aromatic carboxylic acids is 1. The first-order valence-corrected chi connectivity index (χ1v) is 6.51. The monoisotopic (exact) mass is 274 g/mol. The van der Waals surface area contributed by atoms with Crippen LogP contribution >= 0.6 is 0 Å². The summed E-state index contributed by atoms with van der Waals surface area (Å²) in [7, 11) is 1.60. The second-order valence-corrected chi connectivity index (χ2v) is 4.91. The van der Waals surface area contributed by atoms with Gasteiger partial charge in [-0.2, -0.15) is 0 Å². The number of nitrogens with one attached hydrogen (secondary N) is 1. The molecule has 0 saturated carbocycles. The van der Waals surface area contributed by atoms with Crippen LogP contribution in [0.4, 0.5) is 4.39 Å². The smallest absolute Gasteiger partial charge is 0.353 e. The Morgan fingerprint density at radius 2 is 2.25 bits per heavy atom.